The first-order chi connectivity index (χ1) is 7.31. The van der Waals surface area contributed by atoms with Crippen molar-refractivity contribution in [3.63, 3.8) is 0 Å². The largest absolute Gasteiger partial charge is 0.285 e. The van der Waals surface area contributed by atoms with Crippen LogP contribution in [0.15, 0.2) is 30.6 Å². The molecule has 1 aromatic heterocycles. The molecule has 4 nitrogen and oxygen atoms in total. The fourth-order valence-corrected chi connectivity index (χ4v) is 1.44. The van der Waals surface area contributed by atoms with Crippen LogP contribution in [0.1, 0.15) is 11.4 Å². The second-order valence-electron chi connectivity index (χ2n) is 3.29. The Labute approximate surface area is 87.8 Å². The monoisotopic (exact) mass is 198 g/mol. The molecule has 2 aromatic rings. The van der Waals surface area contributed by atoms with E-state index < -0.39 is 0 Å². The second-order valence-corrected chi connectivity index (χ2v) is 3.29. The van der Waals surface area contributed by atoms with Gasteiger partial charge < -0.3 is 0 Å². The highest BCUT2D eigenvalue weighted by molar-refractivity contribution is 5.36. The summed E-state index contributed by atoms with van der Waals surface area (Å²) in [6.07, 6.45) is 1.90. The summed E-state index contributed by atoms with van der Waals surface area (Å²) < 4.78 is 1.83. The summed E-state index contributed by atoms with van der Waals surface area (Å²) in [5.41, 5.74) is 2.16. The van der Waals surface area contributed by atoms with Crippen LogP contribution in [0.3, 0.4) is 0 Å². The molecule has 2 rings (SSSR count). The summed E-state index contributed by atoms with van der Waals surface area (Å²) in [6.45, 7) is 2.03. The van der Waals surface area contributed by atoms with E-state index in [4.69, 9.17) is 5.26 Å². The zero-order valence-electron chi connectivity index (χ0n) is 8.38. The highest BCUT2D eigenvalue weighted by Gasteiger charge is 2.05. The van der Waals surface area contributed by atoms with Crippen LogP contribution in [0.5, 0.6) is 0 Å². The lowest BCUT2D eigenvalue weighted by molar-refractivity contribution is 0.924. The zero-order valence-corrected chi connectivity index (χ0v) is 8.38. The summed E-state index contributed by atoms with van der Waals surface area (Å²) in [5.74, 6) is 0.670. The third-order valence-electron chi connectivity index (χ3n) is 2.14. The summed E-state index contributed by atoms with van der Waals surface area (Å²) in [7, 11) is 0. The van der Waals surface area contributed by atoms with E-state index in [1.54, 1.807) is 6.33 Å². The Morgan fingerprint density at radius 3 is 3.07 bits per heavy atom. The summed E-state index contributed by atoms with van der Waals surface area (Å²) in [6, 6.07) is 10.1. The number of hydrogen-bond acceptors (Lipinski definition) is 3. The molecular formula is C11H10N4. The standard InChI is InChI=1S/C11H10N4/c1-9-3-2-4-10(7-9)15-8-13-14-11(15)5-6-12/h2-4,7-8H,5H2,1H3. The van der Waals surface area contributed by atoms with E-state index in [0.29, 0.717) is 5.82 Å². The molecule has 4 heteroatoms. The Kier molecular flexibility index (Phi) is 2.46. The van der Waals surface area contributed by atoms with Crippen molar-refractivity contribution >= 4 is 0 Å². The van der Waals surface area contributed by atoms with E-state index in [1.165, 1.54) is 5.56 Å². The Morgan fingerprint density at radius 2 is 2.33 bits per heavy atom. The van der Waals surface area contributed by atoms with Crippen molar-refractivity contribution in [3.05, 3.63) is 42.0 Å². The number of rotatable bonds is 2. The molecule has 0 aliphatic rings. The van der Waals surface area contributed by atoms with Crippen LogP contribution in [0.4, 0.5) is 0 Å². The molecule has 1 aromatic carbocycles. The molecule has 15 heavy (non-hydrogen) atoms. The molecule has 1 heterocycles. The van der Waals surface area contributed by atoms with E-state index in [1.807, 2.05) is 35.8 Å². The minimum atomic E-state index is 0.272. The maximum Gasteiger partial charge on any atom is 0.151 e. The lowest BCUT2D eigenvalue weighted by atomic mass is 10.2. The van der Waals surface area contributed by atoms with Gasteiger partial charge in [0.05, 0.1) is 12.5 Å². The average molecular weight is 198 g/mol. The van der Waals surface area contributed by atoms with Gasteiger partial charge in [-0.25, -0.2) is 0 Å². The van der Waals surface area contributed by atoms with Crippen molar-refractivity contribution in [1.29, 1.82) is 5.26 Å². The molecule has 0 fully saturated rings. The van der Waals surface area contributed by atoms with Gasteiger partial charge in [-0.05, 0) is 24.6 Å². The number of benzene rings is 1. The number of hydrogen-bond donors (Lipinski definition) is 0. The summed E-state index contributed by atoms with van der Waals surface area (Å²) in [4.78, 5) is 0. The molecule has 74 valence electrons. The van der Waals surface area contributed by atoms with E-state index in [-0.39, 0.29) is 6.42 Å². The molecule has 0 saturated heterocycles. The third kappa shape index (κ3) is 1.86. The molecule has 0 unspecified atom stereocenters. The van der Waals surface area contributed by atoms with Crippen LogP contribution in [0.25, 0.3) is 5.69 Å². The molecule has 0 atom stereocenters. The molecule has 0 aliphatic heterocycles. The maximum absolute atomic E-state index is 8.63. The Bertz CT molecular complexity index is 507. The number of nitrogens with zero attached hydrogens (tertiary/aromatic N) is 4. The van der Waals surface area contributed by atoms with Crippen molar-refractivity contribution in [2.75, 3.05) is 0 Å². The minimum absolute atomic E-state index is 0.272. The molecule has 0 amide bonds. The number of aryl methyl sites for hydroxylation is 1. The van der Waals surface area contributed by atoms with Crippen LogP contribution in [-0.2, 0) is 6.42 Å². The topological polar surface area (TPSA) is 54.5 Å². The van der Waals surface area contributed by atoms with Gasteiger partial charge in [0.2, 0.25) is 0 Å². The first kappa shape index (κ1) is 9.41. The first-order valence-corrected chi connectivity index (χ1v) is 4.64. The normalized spacial score (nSPS) is 9.87. The molecule has 0 spiro atoms. The first-order valence-electron chi connectivity index (χ1n) is 4.64. The predicted molar refractivity (Wildman–Crippen MR) is 55.4 cm³/mol. The van der Waals surface area contributed by atoms with Crippen molar-refractivity contribution in [2.45, 2.75) is 13.3 Å². The molecule has 0 saturated carbocycles. The predicted octanol–water partition coefficient (Wildman–Crippen LogP) is 1.64. The van der Waals surface area contributed by atoms with Gasteiger partial charge >= 0.3 is 0 Å². The van der Waals surface area contributed by atoms with Gasteiger partial charge in [0.1, 0.15) is 6.33 Å². The molecule has 0 bridgehead atoms. The van der Waals surface area contributed by atoms with Gasteiger partial charge in [-0.1, -0.05) is 12.1 Å². The van der Waals surface area contributed by atoms with E-state index in [2.05, 4.69) is 16.3 Å². The maximum atomic E-state index is 8.63. The Balaban J connectivity index is 2.45. The Hall–Kier alpha value is -2.15. The smallest absolute Gasteiger partial charge is 0.151 e. The van der Waals surface area contributed by atoms with Crippen molar-refractivity contribution < 1.29 is 0 Å². The van der Waals surface area contributed by atoms with Gasteiger partial charge in [-0.3, -0.25) is 4.57 Å². The van der Waals surface area contributed by atoms with Gasteiger partial charge in [0.25, 0.3) is 0 Å². The van der Waals surface area contributed by atoms with Crippen LogP contribution in [0, 0.1) is 18.3 Å². The highest BCUT2D eigenvalue weighted by atomic mass is 15.3. The summed E-state index contributed by atoms with van der Waals surface area (Å²) >= 11 is 0. The fraction of sp³-hybridized carbons (Fsp3) is 0.182. The third-order valence-corrected chi connectivity index (χ3v) is 2.14. The minimum Gasteiger partial charge on any atom is -0.285 e. The lowest BCUT2D eigenvalue weighted by Gasteiger charge is -2.04. The van der Waals surface area contributed by atoms with E-state index >= 15 is 0 Å². The Morgan fingerprint density at radius 1 is 1.47 bits per heavy atom. The van der Waals surface area contributed by atoms with Crippen molar-refractivity contribution in [3.8, 4) is 11.8 Å². The molecule has 0 N–H and O–H groups in total. The fourth-order valence-electron chi connectivity index (χ4n) is 1.44. The van der Waals surface area contributed by atoms with Crippen LogP contribution in [0.2, 0.25) is 0 Å². The molecular weight excluding hydrogens is 188 g/mol. The van der Waals surface area contributed by atoms with Gasteiger partial charge in [-0.2, -0.15) is 5.26 Å². The zero-order chi connectivity index (χ0) is 10.7. The van der Waals surface area contributed by atoms with Crippen LogP contribution < -0.4 is 0 Å². The van der Waals surface area contributed by atoms with E-state index in [9.17, 15) is 0 Å². The number of nitriles is 1. The lowest BCUT2D eigenvalue weighted by Crippen LogP contribution is -1.99. The SMILES string of the molecule is Cc1cccc(-n2cnnc2CC#N)c1. The van der Waals surface area contributed by atoms with Gasteiger partial charge in [0.15, 0.2) is 5.82 Å². The van der Waals surface area contributed by atoms with E-state index in [0.717, 1.165) is 5.69 Å². The average Bonchev–Trinajstić information content (AvgIpc) is 2.66. The highest BCUT2D eigenvalue weighted by Crippen LogP contribution is 2.11. The molecule has 0 radical (unpaired) electrons. The van der Waals surface area contributed by atoms with Gasteiger partial charge in [0, 0.05) is 5.69 Å². The van der Waals surface area contributed by atoms with Crippen LogP contribution in [-0.4, -0.2) is 14.8 Å². The van der Waals surface area contributed by atoms with Gasteiger partial charge in [-0.15, -0.1) is 10.2 Å². The van der Waals surface area contributed by atoms with Crippen molar-refractivity contribution in [2.24, 2.45) is 0 Å². The number of aromatic nitrogens is 3. The quantitative estimate of drug-likeness (QED) is 0.737. The van der Waals surface area contributed by atoms with Crippen molar-refractivity contribution in [1.82, 2.24) is 14.8 Å². The summed E-state index contributed by atoms with van der Waals surface area (Å²) in [5, 5.41) is 16.3. The molecule has 0 aliphatic carbocycles. The van der Waals surface area contributed by atoms with Crippen LogP contribution >= 0.6 is 0 Å². The second kappa shape index (κ2) is 3.93.